The van der Waals surface area contributed by atoms with Crippen LogP contribution in [0, 0.1) is 0 Å². The quantitative estimate of drug-likeness (QED) is 0.782. The van der Waals surface area contributed by atoms with E-state index in [0.717, 1.165) is 10.5 Å². The van der Waals surface area contributed by atoms with Crippen molar-refractivity contribution in [3.63, 3.8) is 0 Å². The fraction of sp³-hybridized carbons (Fsp3) is 0.350. The number of hydrogen-bond acceptors (Lipinski definition) is 3. The first-order chi connectivity index (χ1) is 11.6. The van der Waals surface area contributed by atoms with Gasteiger partial charge in [0.25, 0.3) is 0 Å². The molecule has 2 aromatic rings. The highest BCUT2D eigenvalue weighted by atomic mass is 32.2. The van der Waals surface area contributed by atoms with Gasteiger partial charge in [0.05, 0.1) is 18.8 Å². The molecule has 0 spiro atoms. The molecule has 3 unspecified atom stereocenters. The lowest BCUT2D eigenvalue weighted by Gasteiger charge is -2.38. The maximum atomic E-state index is 13.3. The van der Waals surface area contributed by atoms with E-state index in [0.29, 0.717) is 13.2 Å². The van der Waals surface area contributed by atoms with Gasteiger partial charge in [-0.25, -0.2) is 0 Å². The zero-order valence-electron chi connectivity index (χ0n) is 14.1. The summed E-state index contributed by atoms with van der Waals surface area (Å²) in [6.07, 6.45) is 0.0864. The lowest BCUT2D eigenvalue weighted by atomic mass is 10.1. The van der Waals surface area contributed by atoms with Crippen LogP contribution in [0.3, 0.4) is 0 Å². The molecule has 1 amide bonds. The van der Waals surface area contributed by atoms with Crippen molar-refractivity contribution in [2.75, 3.05) is 13.2 Å². The first-order valence-corrected chi connectivity index (χ1v) is 9.22. The van der Waals surface area contributed by atoms with Crippen molar-refractivity contribution in [1.29, 1.82) is 0 Å². The predicted molar refractivity (Wildman–Crippen MR) is 98.1 cm³/mol. The van der Waals surface area contributed by atoms with Gasteiger partial charge in [0.15, 0.2) is 0 Å². The van der Waals surface area contributed by atoms with Crippen molar-refractivity contribution in [1.82, 2.24) is 4.90 Å². The first kappa shape index (κ1) is 17.1. The molecule has 1 aliphatic heterocycles. The Kier molecular flexibility index (Phi) is 5.59. The van der Waals surface area contributed by atoms with E-state index >= 15 is 0 Å². The summed E-state index contributed by atoms with van der Waals surface area (Å²) in [5, 5.41) is -0.235. The van der Waals surface area contributed by atoms with Gasteiger partial charge >= 0.3 is 0 Å². The third-order valence-corrected chi connectivity index (χ3v) is 5.47. The number of ether oxygens (including phenoxy) is 1. The Morgan fingerprint density at radius 1 is 1.08 bits per heavy atom. The van der Waals surface area contributed by atoms with E-state index in [-0.39, 0.29) is 23.3 Å². The van der Waals surface area contributed by atoms with Gasteiger partial charge in [-0.05, 0) is 31.5 Å². The average Bonchev–Trinajstić information content (AvgIpc) is 2.63. The highest BCUT2D eigenvalue weighted by Gasteiger charge is 2.33. The maximum absolute atomic E-state index is 13.3. The van der Waals surface area contributed by atoms with Gasteiger partial charge in [-0.1, -0.05) is 48.5 Å². The second kappa shape index (κ2) is 7.86. The number of morpholine rings is 1. The highest BCUT2D eigenvalue weighted by Crippen LogP contribution is 2.37. The molecule has 0 N–H and O–H groups in total. The van der Waals surface area contributed by atoms with Gasteiger partial charge in [-0.15, -0.1) is 11.8 Å². The standard InChI is InChI=1S/C20H23NO2S/c1-15-14-23-16(2)13-21(15)20(22)19(17-9-5-3-6-10-17)24-18-11-7-4-8-12-18/h3-12,15-16,19H,13-14H2,1-2H3. The van der Waals surface area contributed by atoms with E-state index in [2.05, 4.69) is 19.1 Å². The molecule has 3 atom stereocenters. The van der Waals surface area contributed by atoms with Crippen molar-refractivity contribution in [3.05, 3.63) is 66.2 Å². The van der Waals surface area contributed by atoms with Crippen LogP contribution in [0.15, 0.2) is 65.6 Å². The molecule has 3 nitrogen and oxygen atoms in total. The van der Waals surface area contributed by atoms with Crippen LogP contribution in [0.4, 0.5) is 0 Å². The monoisotopic (exact) mass is 341 g/mol. The molecule has 1 aliphatic rings. The minimum Gasteiger partial charge on any atom is -0.375 e. The van der Waals surface area contributed by atoms with Crippen LogP contribution in [-0.4, -0.2) is 36.1 Å². The van der Waals surface area contributed by atoms with Crippen molar-refractivity contribution in [2.24, 2.45) is 0 Å². The second-order valence-corrected chi connectivity index (χ2v) is 7.38. The molecule has 0 aromatic heterocycles. The molecular formula is C20H23NO2S. The summed E-state index contributed by atoms with van der Waals surface area (Å²) in [6, 6.07) is 20.3. The normalized spacial score (nSPS) is 22.2. The molecule has 24 heavy (non-hydrogen) atoms. The Labute approximate surface area is 148 Å². The summed E-state index contributed by atoms with van der Waals surface area (Å²) in [4.78, 5) is 16.4. The van der Waals surface area contributed by atoms with Gasteiger partial charge in [-0.2, -0.15) is 0 Å². The number of amides is 1. The van der Waals surface area contributed by atoms with Gasteiger partial charge in [0, 0.05) is 11.4 Å². The van der Waals surface area contributed by atoms with E-state index in [4.69, 9.17) is 4.74 Å². The molecule has 0 saturated carbocycles. The Hall–Kier alpha value is -1.78. The van der Waals surface area contributed by atoms with E-state index in [1.165, 1.54) is 0 Å². The minimum atomic E-state index is -0.235. The van der Waals surface area contributed by atoms with Gasteiger partial charge in [0.1, 0.15) is 5.25 Å². The molecule has 4 heteroatoms. The summed E-state index contributed by atoms with van der Waals surface area (Å²) < 4.78 is 5.67. The van der Waals surface area contributed by atoms with Crippen LogP contribution in [-0.2, 0) is 9.53 Å². The molecule has 126 valence electrons. The smallest absolute Gasteiger partial charge is 0.240 e. The van der Waals surface area contributed by atoms with Crippen LogP contribution in [0.25, 0.3) is 0 Å². The van der Waals surface area contributed by atoms with Crippen LogP contribution in [0.1, 0.15) is 24.7 Å². The Balaban J connectivity index is 1.87. The zero-order valence-corrected chi connectivity index (χ0v) is 14.9. The molecule has 1 heterocycles. The zero-order chi connectivity index (χ0) is 16.9. The molecule has 2 aromatic carbocycles. The average molecular weight is 341 g/mol. The van der Waals surface area contributed by atoms with E-state index in [9.17, 15) is 4.79 Å². The largest absolute Gasteiger partial charge is 0.375 e. The van der Waals surface area contributed by atoms with Crippen molar-refractivity contribution in [2.45, 2.75) is 36.1 Å². The fourth-order valence-electron chi connectivity index (χ4n) is 2.88. The van der Waals surface area contributed by atoms with Crippen LogP contribution in [0.5, 0.6) is 0 Å². The molecule has 0 aliphatic carbocycles. The van der Waals surface area contributed by atoms with Crippen LogP contribution < -0.4 is 0 Å². The van der Waals surface area contributed by atoms with Crippen molar-refractivity contribution >= 4 is 17.7 Å². The number of nitrogens with zero attached hydrogens (tertiary/aromatic N) is 1. The van der Waals surface area contributed by atoms with Crippen LogP contribution in [0.2, 0.25) is 0 Å². The SMILES string of the molecule is CC1CN(C(=O)C(Sc2ccccc2)c2ccccc2)C(C)CO1. The molecule has 3 rings (SSSR count). The van der Waals surface area contributed by atoms with E-state index in [1.807, 2.05) is 60.4 Å². The summed E-state index contributed by atoms with van der Waals surface area (Å²) in [5.74, 6) is 0.165. The van der Waals surface area contributed by atoms with Crippen molar-refractivity contribution < 1.29 is 9.53 Å². The number of hydrogen-bond donors (Lipinski definition) is 0. The van der Waals surface area contributed by atoms with Crippen LogP contribution >= 0.6 is 11.8 Å². The number of benzene rings is 2. The topological polar surface area (TPSA) is 29.5 Å². The van der Waals surface area contributed by atoms with Gasteiger partial charge in [-0.3, -0.25) is 4.79 Å². The number of carbonyl (C=O) groups excluding carboxylic acids is 1. The first-order valence-electron chi connectivity index (χ1n) is 8.34. The number of carbonyl (C=O) groups is 1. The lowest BCUT2D eigenvalue weighted by Crippen LogP contribution is -2.51. The predicted octanol–water partition coefficient (Wildman–Crippen LogP) is 4.16. The van der Waals surface area contributed by atoms with E-state index in [1.54, 1.807) is 11.8 Å². The Morgan fingerprint density at radius 3 is 2.38 bits per heavy atom. The molecule has 1 saturated heterocycles. The summed E-state index contributed by atoms with van der Waals surface area (Å²) in [5.41, 5.74) is 1.04. The number of rotatable bonds is 4. The highest BCUT2D eigenvalue weighted by molar-refractivity contribution is 8.00. The van der Waals surface area contributed by atoms with Gasteiger partial charge in [0.2, 0.25) is 5.91 Å². The fourth-order valence-corrected chi connectivity index (χ4v) is 4.00. The second-order valence-electron chi connectivity index (χ2n) is 6.21. The van der Waals surface area contributed by atoms with Crippen molar-refractivity contribution in [3.8, 4) is 0 Å². The minimum absolute atomic E-state index is 0.0864. The summed E-state index contributed by atoms with van der Waals surface area (Å²) >= 11 is 1.61. The Morgan fingerprint density at radius 2 is 1.71 bits per heavy atom. The number of thioether (sulfide) groups is 1. The molecule has 0 radical (unpaired) electrons. The molecule has 1 fully saturated rings. The summed E-state index contributed by atoms with van der Waals surface area (Å²) in [6.45, 7) is 5.33. The maximum Gasteiger partial charge on any atom is 0.240 e. The Bertz CT molecular complexity index is 662. The van der Waals surface area contributed by atoms with E-state index < -0.39 is 0 Å². The molecule has 0 bridgehead atoms. The van der Waals surface area contributed by atoms with Gasteiger partial charge < -0.3 is 9.64 Å². The third-order valence-electron chi connectivity index (χ3n) is 4.21. The summed E-state index contributed by atoms with van der Waals surface area (Å²) in [7, 11) is 0. The lowest BCUT2D eigenvalue weighted by molar-refractivity contribution is -0.142. The third kappa shape index (κ3) is 4.00. The molecular weight excluding hydrogens is 318 g/mol.